The van der Waals surface area contributed by atoms with Crippen molar-refractivity contribution >= 4 is 17.9 Å². The Bertz CT molecular complexity index is 632. The van der Waals surface area contributed by atoms with Gasteiger partial charge in [0.15, 0.2) is 0 Å². The van der Waals surface area contributed by atoms with Crippen LogP contribution in [0.3, 0.4) is 0 Å². The van der Waals surface area contributed by atoms with Crippen LogP contribution < -0.4 is 5.11 Å². The first-order valence-electron chi connectivity index (χ1n) is 15.7. The van der Waals surface area contributed by atoms with Gasteiger partial charge in [-0.3, -0.25) is 9.59 Å². The number of nitrogens with zero attached hydrogens (tertiary/aromatic N) is 1. The first kappa shape index (κ1) is 37.1. The number of allylic oxidation sites excluding steroid dienone is 2. The van der Waals surface area contributed by atoms with Crippen LogP contribution in [-0.4, -0.2) is 58.8 Å². The zero-order valence-electron chi connectivity index (χ0n) is 25.5. The van der Waals surface area contributed by atoms with Gasteiger partial charge in [0.05, 0.1) is 38.0 Å². The van der Waals surface area contributed by atoms with Crippen molar-refractivity contribution in [3.8, 4) is 0 Å². The summed E-state index contributed by atoms with van der Waals surface area (Å²) in [6.45, 7) is 9.93. The zero-order valence-corrected chi connectivity index (χ0v) is 25.5. The molecule has 0 aromatic rings. The molecule has 7 nitrogen and oxygen atoms in total. The predicted octanol–water partition coefficient (Wildman–Crippen LogP) is 6.45. The Labute approximate surface area is 238 Å². The molecule has 2 N–H and O–H groups in total. The molecule has 0 saturated heterocycles. The zero-order chi connectivity index (χ0) is 29.5. The molecule has 0 saturated carbocycles. The molecule has 0 aromatic carbocycles. The standard InChI is InChI=1S/C32H59NO6/c1-5-6-7-8-9-10-11-12-13-14-15-16-17-18-19-23-33(24-20-27(2)30(34)35,25-21-28(3)31(36)37)26-22-29(4)32(38)39/h11-12,27-29H,5-10,13-26H2,1-4H3,(H2-,34,35,36,37,38,39)/b12-11+. The van der Waals surface area contributed by atoms with Crippen LogP contribution in [0.5, 0.6) is 0 Å². The van der Waals surface area contributed by atoms with E-state index in [1.54, 1.807) is 20.8 Å². The molecule has 0 aliphatic carbocycles. The number of unbranched alkanes of at least 4 members (excludes halogenated alkanes) is 11. The van der Waals surface area contributed by atoms with E-state index < -0.39 is 35.7 Å². The van der Waals surface area contributed by atoms with Gasteiger partial charge < -0.3 is 24.6 Å². The molecule has 0 heterocycles. The summed E-state index contributed by atoms with van der Waals surface area (Å²) in [5, 5.41) is 30.2. The van der Waals surface area contributed by atoms with E-state index in [0.29, 0.717) is 43.4 Å². The SMILES string of the molecule is CCCCCCC/C=C/CCCCCCCC[N+](CCC(C)C(=O)[O-])(CCC(C)C(=O)O)CCC(C)C(=O)O. The van der Waals surface area contributed by atoms with Crippen LogP contribution in [0.1, 0.15) is 130 Å². The minimum Gasteiger partial charge on any atom is -0.550 e. The van der Waals surface area contributed by atoms with Gasteiger partial charge in [-0.1, -0.05) is 84.8 Å². The minimum atomic E-state index is -1.08. The highest BCUT2D eigenvalue weighted by Crippen LogP contribution is 2.21. The highest BCUT2D eigenvalue weighted by molar-refractivity contribution is 5.69. The van der Waals surface area contributed by atoms with Gasteiger partial charge in [0, 0.05) is 31.1 Å². The lowest BCUT2D eigenvalue weighted by molar-refractivity contribution is -0.929. The molecule has 0 bridgehead atoms. The molecule has 3 unspecified atom stereocenters. The monoisotopic (exact) mass is 553 g/mol. The van der Waals surface area contributed by atoms with Gasteiger partial charge in [-0.2, -0.15) is 0 Å². The largest absolute Gasteiger partial charge is 0.550 e. The van der Waals surface area contributed by atoms with Crippen LogP contribution in [0.2, 0.25) is 0 Å². The normalized spacial score (nSPS) is 15.6. The summed E-state index contributed by atoms with van der Waals surface area (Å²) in [4.78, 5) is 34.3. The third-order valence-electron chi connectivity index (χ3n) is 8.25. The lowest BCUT2D eigenvalue weighted by atomic mass is 10.0. The van der Waals surface area contributed by atoms with Crippen molar-refractivity contribution in [2.24, 2.45) is 17.8 Å². The molecule has 0 radical (unpaired) electrons. The molecule has 39 heavy (non-hydrogen) atoms. The summed E-state index contributed by atoms with van der Waals surface area (Å²) in [6, 6.07) is 0. The van der Waals surface area contributed by atoms with E-state index in [-0.39, 0.29) is 0 Å². The Balaban J connectivity index is 4.74. The fourth-order valence-corrected chi connectivity index (χ4v) is 4.96. The van der Waals surface area contributed by atoms with Crippen LogP contribution in [0.25, 0.3) is 0 Å². The Morgan fingerprint density at radius 2 is 1.00 bits per heavy atom. The number of quaternary nitrogens is 1. The van der Waals surface area contributed by atoms with Crippen molar-refractivity contribution in [1.82, 2.24) is 0 Å². The van der Waals surface area contributed by atoms with Crippen LogP contribution in [-0.2, 0) is 14.4 Å². The van der Waals surface area contributed by atoms with Gasteiger partial charge in [-0.25, -0.2) is 0 Å². The number of carbonyl (C=O) groups excluding carboxylic acids is 1. The quantitative estimate of drug-likeness (QED) is 0.0686. The Kier molecular flexibility index (Phi) is 21.8. The first-order valence-corrected chi connectivity index (χ1v) is 15.7. The number of aliphatic carboxylic acids is 3. The summed E-state index contributed by atoms with van der Waals surface area (Å²) in [5.74, 6) is -4.32. The number of hydrogen-bond acceptors (Lipinski definition) is 4. The van der Waals surface area contributed by atoms with Crippen molar-refractivity contribution in [3.63, 3.8) is 0 Å². The lowest BCUT2D eigenvalue weighted by Crippen LogP contribution is -2.52. The molecule has 7 heteroatoms. The Morgan fingerprint density at radius 1 is 0.615 bits per heavy atom. The molecular weight excluding hydrogens is 494 g/mol. The van der Waals surface area contributed by atoms with Gasteiger partial charge >= 0.3 is 11.9 Å². The lowest BCUT2D eigenvalue weighted by Gasteiger charge is -2.41. The fourth-order valence-electron chi connectivity index (χ4n) is 4.96. The van der Waals surface area contributed by atoms with E-state index in [9.17, 15) is 29.7 Å². The average Bonchev–Trinajstić information content (AvgIpc) is 2.90. The minimum absolute atomic E-state index is 0.442. The van der Waals surface area contributed by atoms with E-state index in [1.165, 1.54) is 57.8 Å². The second-order valence-corrected chi connectivity index (χ2v) is 11.9. The fraction of sp³-hybridized carbons (Fsp3) is 0.844. The van der Waals surface area contributed by atoms with Crippen LogP contribution in [0, 0.1) is 17.8 Å². The molecule has 0 rings (SSSR count). The van der Waals surface area contributed by atoms with Crippen LogP contribution >= 0.6 is 0 Å². The van der Waals surface area contributed by atoms with Gasteiger partial charge in [0.2, 0.25) is 0 Å². The highest BCUT2D eigenvalue weighted by atomic mass is 16.4. The van der Waals surface area contributed by atoms with Crippen LogP contribution in [0.15, 0.2) is 12.2 Å². The number of hydrogen-bond donors (Lipinski definition) is 2. The average molecular weight is 554 g/mol. The van der Waals surface area contributed by atoms with Gasteiger partial charge in [0.1, 0.15) is 0 Å². The molecule has 0 amide bonds. The molecule has 0 fully saturated rings. The maximum atomic E-state index is 11.5. The maximum Gasteiger partial charge on any atom is 0.306 e. The third-order valence-corrected chi connectivity index (χ3v) is 8.25. The smallest absolute Gasteiger partial charge is 0.306 e. The summed E-state index contributed by atoms with van der Waals surface area (Å²) in [7, 11) is 0. The molecule has 0 spiro atoms. The number of rotatable bonds is 27. The van der Waals surface area contributed by atoms with E-state index in [1.807, 2.05) is 0 Å². The van der Waals surface area contributed by atoms with E-state index >= 15 is 0 Å². The van der Waals surface area contributed by atoms with Gasteiger partial charge in [-0.05, 0) is 38.5 Å². The van der Waals surface area contributed by atoms with E-state index in [4.69, 9.17) is 0 Å². The van der Waals surface area contributed by atoms with Crippen LogP contribution in [0.4, 0.5) is 0 Å². The number of carboxylic acids is 3. The van der Waals surface area contributed by atoms with Gasteiger partial charge in [-0.15, -0.1) is 0 Å². The molecule has 0 aliphatic heterocycles. The third kappa shape index (κ3) is 19.8. The van der Waals surface area contributed by atoms with Crippen molar-refractivity contribution in [3.05, 3.63) is 12.2 Å². The molecule has 0 aromatic heterocycles. The maximum absolute atomic E-state index is 11.5. The summed E-state index contributed by atoms with van der Waals surface area (Å²) in [5.41, 5.74) is 0. The van der Waals surface area contributed by atoms with Crippen molar-refractivity contribution in [2.75, 3.05) is 26.2 Å². The molecule has 3 atom stereocenters. The number of carbonyl (C=O) groups is 3. The first-order chi connectivity index (χ1) is 18.5. The van der Waals surface area contributed by atoms with E-state index in [2.05, 4.69) is 19.1 Å². The molecule has 0 aliphatic rings. The summed E-state index contributed by atoms with van der Waals surface area (Å²) in [6.07, 6.45) is 21.9. The Hall–Kier alpha value is -1.89. The molecular formula is C32H59NO6. The Morgan fingerprint density at radius 3 is 1.41 bits per heavy atom. The van der Waals surface area contributed by atoms with E-state index in [0.717, 1.165) is 32.2 Å². The topological polar surface area (TPSA) is 115 Å². The summed E-state index contributed by atoms with van der Waals surface area (Å²) < 4.78 is 0.579. The van der Waals surface area contributed by atoms with Crippen molar-refractivity contribution in [1.29, 1.82) is 0 Å². The summed E-state index contributed by atoms with van der Waals surface area (Å²) >= 11 is 0. The molecule has 228 valence electrons. The predicted molar refractivity (Wildman–Crippen MR) is 156 cm³/mol. The second-order valence-electron chi connectivity index (χ2n) is 11.9. The number of carboxylic acid groups (broad SMARTS) is 3. The highest BCUT2D eigenvalue weighted by Gasteiger charge is 2.30. The van der Waals surface area contributed by atoms with Crippen molar-refractivity contribution < 1.29 is 34.2 Å². The van der Waals surface area contributed by atoms with Gasteiger partial charge in [0.25, 0.3) is 0 Å². The second kappa shape index (κ2) is 22.9. The van der Waals surface area contributed by atoms with Crippen molar-refractivity contribution in [2.45, 2.75) is 130 Å².